The molecule has 4 N–H and O–H groups in total. The predicted octanol–water partition coefficient (Wildman–Crippen LogP) is -6.45. The molecule has 0 aromatic carbocycles. The van der Waals surface area contributed by atoms with E-state index >= 15 is 0 Å². The van der Waals surface area contributed by atoms with Crippen LogP contribution >= 0.6 is 0 Å². The van der Waals surface area contributed by atoms with Crippen molar-refractivity contribution in [2.45, 2.75) is 24.4 Å². The minimum atomic E-state index is -2.50. The van der Waals surface area contributed by atoms with E-state index in [4.69, 9.17) is 20.4 Å². The van der Waals surface area contributed by atoms with Crippen LogP contribution in [0.3, 0.4) is 0 Å². The Hall–Kier alpha value is -0.688. The molecule has 4 atom stereocenters. The van der Waals surface area contributed by atoms with Gasteiger partial charge in [-0.25, -0.2) is 0 Å². The Labute approximate surface area is 94.5 Å². The fourth-order valence-corrected chi connectivity index (χ4v) is 0.652. The SMILES string of the molecule is O=C([O-])[C@@H](O)[C@H](O)[C@H](O)[C@@H](O)C(=O)[O-].[Al+3]. The summed E-state index contributed by atoms with van der Waals surface area (Å²) in [5, 5.41) is 54.7. The first-order valence-electron chi connectivity index (χ1n) is 3.43. The molecule has 8 nitrogen and oxygen atoms in total. The molecule has 0 aromatic rings. The van der Waals surface area contributed by atoms with Crippen LogP contribution in [0.25, 0.3) is 0 Å². The van der Waals surface area contributed by atoms with E-state index < -0.39 is 36.4 Å². The van der Waals surface area contributed by atoms with Gasteiger partial charge in [-0.1, -0.05) is 0 Å². The van der Waals surface area contributed by atoms with Crippen molar-refractivity contribution in [3.63, 3.8) is 0 Å². The molecule has 0 spiro atoms. The molecule has 0 radical (unpaired) electrons. The van der Waals surface area contributed by atoms with E-state index in [1.165, 1.54) is 0 Å². The Bertz CT molecular complexity index is 207. The molecular formula is C6H8AlO8+. The van der Waals surface area contributed by atoms with Crippen molar-refractivity contribution in [1.29, 1.82) is 0 Å². The Balaban J connectivity index is 0. The van der Waals surface area contributed by atoms with Gasteiger partial charge < -0.3 is 40.2 Å². The van der Waals surface area contributed by atoms with Crippen molar-refractivity contribution < 1.29 is 40.2 Å². The molecule has 0 bridgehead atoms. The van der Waals surface area contributed by atoms with E-state index in [-0.39, 0.29) is 17.4 Å². The van der Waals surface area contributed by atoms with Crippen LogP contribution in [0.1, 0.15) is 0 Å². The second-order valence-corrected chi connectivity index (χ2v) is 2.51. The maximum absolute atomic E-state index is 9.96. The molecule has 82 valence electrons. The topological polar surface area (TPSA) is 161 Å². The maximum atomic E-state index is 9.96. The average molecular weight is 235 g/mol. The van der Waals surface area contributed by atoms with Crippen LogP contribution in [-0.4, -0.2) is 74.1 Å². The van der Waals surface area contributed by atoms with Gasteiger partial charge in [-0.05, 0) is 0 Å². The fraction of sp³-hybridized carbons (Fsp3) is 0.667. The molecule has 0 rings (SSSR count). The molecule has 0 saturated heterocycles. The predicted molar refractivity (Wildman–Crippen MR) is 39.8 cm³/mol. The Morgan fingerprint density at radius 3 is 1.13 bits per heavy atom. The van der Waals surface area contributed by atoms with Crippen molar-refractivity contribution in [3.05, 3.63) is 0 Å². The van der Waals surface area contributed by atoms with Gasteiger partial charge in [0.05, 0.1) is 11.9 Å². The molecule has 0 amide bonds. The van der Waals surface area contributed by atoms with Crippen LogP contribution < -0.4 is 10.2 Å². The molecule has 0 unspecified atom stereocenters. The van der Waals surface area contributed by atoms with E-state index in [2.05, 4.69) is 0 Å². The summed E-state index contributed by atoms with van der Waals surface area (Å²) in [6.45, 7) is 0. The number of aliphatic carboxylic acids is 2. The number of carboxylic acid groups (broad SMARTS) is 2. The minimum Gasteiger partial charge on any atom is -0.547 e. The van der Waals surface area contributed by atoms with E-state index in [0.717, 1.165) is 0 Å². The van der Waals surface area contributed by atoms with Gasteiger partial charge in [-0.15, -0.1) is 0 Å². The van der Waals surface area contributed by atoms with Crippen LogP contribution in [0.15, 0.2) is 0 Å². The molecule has 0 aliphatic heterocycles. The normalized spacial score (nSPS) is 18.1. The van der Waals surface area contributed by atoms with Crippen molar-refractivity contribution >= 4 is 29.3 Å². The van der Waals surface area contributed by atoms with Gasteiger partial charge in [-0.2, -0.15) is 0 Å². The summed E-state index contributed by atoms with van der Waals surface area (Å²) < 4.78 is 0. The van der Waals surface area contributed by atoms with Crippen molar-refractivity contribution in [2.75, 3.05) is 0 Å². The summed E-state index contributed by atoms with van der Waals surface area (Å²) in [7, 11) is 0. The van der Waals surface area contributed by atoms with Gasteiger partial charge in [-0.3, -0.25) is 0 Å². The largest absolute Gasteiger partial charge is 3.00 e. The molecule has 0 fully saturated rings. The summed E-state index contributed by atoms with van der Waals surface area (Å²) in [6.07, 6.45) is -9.76. The minimum absolute atomic E-state index is 0. The third-order valence-corrected chi connectivity index (χ3v) is 1.48. The Kier molecular flexibility index (Phi) is 7.51. The van der Waals surface area contributed by atoms with E-state index in [0.29, 0.717) is 0 Å². The molecule has 0 aliphatic carbocycles. The van der Waals surface area contributed by atoms with Gasteiger partial charge in [0.25, 0.3) is 0 Å². The smallest absolute Gasteiger partial charge is 0.547 e. The first-order valence-corrected chi connectivity index (χ1v) is 3.43. The van der Waals surface area contributed by atoms with Crippen LogP contribution in [0, 0.1) is 0 Å². The Morgan fingerprint density at radius 1 is 0.800 bits per heavy atom. The molecule has 9 heteroatoms. The van der Waals surface area contributed by atoms with Crippen LogP contribution in [-0.2, 0) is 9.59 Å². The summed E-state index contributed by atoms with van der Waals surface area (Å²) in [5.41, 5.74) is 0. The van der Waals surface area contributed by atoms with Crippen LogP contribution in [0.5, 0.6) is 0 Å². The number of hydrogen-bond acceptors (Lipinski definition) is 8. The third kappa shape index (κ3) is 4.57. The second-order valence-electron chi connectivity index (χ2n) is 2.51. The van der Waals surface area contributed by atoms with Crippen LogP contribution in [0.2, 0.25) is 0 Å². The first-order chi connectivity index (χ1) is 6.29. The zero-order chi connectivity index (χ0) is 11.5. The summed E-state index contributed by atoms with van der Waals surface area (Å²) in [6, 6.07) is 0. The average Bonchev–Trinajstić information content (AvgIpc) is 2.12. The number of carbonyl (C=O) groups excluding carboxylic acids is 2. The monoisotopic (exact) mass is 235 g/mol. The van der Waals surface area contributed by atoms with Gasteiger partial charge in [0.2, 0.25) is 0 Å². The number of hydrogen-bond donors (Lipinski definition) is 4. The Morgan fingerprint density at radius 2 is 1.00 bits per heavy atom. The van der Waals surface area contributed by atoms with E-state index in [1.54, 1.807) is 0 Å². The summed E-state index contributed by atoms with van der Waals surface area (Å²) in [5.74, 6) is -4.22. The first kappa shape index (κ1) is 16.7. The van der Waals surface area contributed by atoms with Crippen molar-refractivity contribution in [2.24, 2.45) is 0 Å². The van der Waals surface area contributed by atoms with Gasteiger partial charge >= 0.3 is 17.4 Å². The number of rotatable bonds is 5. The standard InChI is InChI=1S/C6H10O8.Al/c7-1(3(9)5(11)12)2(8)4(10)6(13)14;/h1-4,7-10H,(H,11,12)(H,13,14);/q;+3/p-2/t1-,2+,3+,4-;. The molecule has 15 heavy (non-hydrogen) atoms. The van der Waals surface area contributed by atoms with Gasteiger partial charge in [0, 0.05) is 0 Å². The molecule has 0 aliphatic rings. The van der Waals surface area contributed by atoms with E-state index in [1.807, 2.05) is 0 Å². The zero-order valence-electron chi connectivity index (χ0n) is 7.31. The number of aliphatic hydroxyl groups is 4. The molecular weight excluding hydrogens is 227 g/mol. The van der Waals surface area contributed by atoms with Crippen molar-refractivity contribution in [1.82, 2.24) is 0 Å². The second kappa shape index (κ2) is 6.73. The number of carbonyl (C=O) groups is 2. The summed E-state index contributed by atoms with van der Waals surface area (Å²) >= 11 is 0. The third-order valence-electron chi connectivity index (χ3n) is 1.48. The van der Waals surface area contributed by atoms with Crippen molar-refractivity contribution in [3.8, 4) is 0 Å². The van der Waals surface area contributed by atoms with Gasteiger partial charge in [0.1, 0.15) is 24.4 Å². The summed E-state index contributed by atoms with van der Waals surface area (Å²) in [4.78, 5) is 19.9. The zero-order valence-corrected chi connectivity index (χ0v) is 8.46. The molecule has 0 saturated carbocycles. The molecule has 0 aromatic heterocycles. The maximum Gasteiger partial charge on any atom is 3.00 e. The van der Waals surface area contributed by atoms with Gasteiger partial charge in [0.15, 0.2) is 0 Å². The van der Waals surface area contributed by atoms with E-state index in [9.17, 15) is 19.8 Å². The van der Waals surface area contributed by atoms with Crippen LogP contribution in [0.4, 0.5) is 0 Å². The number of carboxylic acids is 2. The number of aliphatic hydroxyl groups excluding tert-OH is 4. The molecule has 0 heterocycles. The quantitative estimate of drug-likeness (QED) is 0.342. The fourth-order valence-electron chi connectivity index (χ4n) is 0.652.